The smallest absolute Gasteiger partial charge is 0.392 e. The van der Waals surface area contributed by atoms with E-state index in [0.29, 0.717) is 0 Å². The van der Waals surface area contributed by atoms with E-state index in [4.69, 9.17) is 23.2 Å². The predicted octanol–water partition coefficient (Wildman–Crippen LogP) is 4.64. The monoisotopic (exact) mass is 340 g/mol. The van der Waals surface area contributed by atoms with Crippen molar-refractivity contribution in [3.05, 3.63) is 33.8 Å². The fourth-order valence-corrected chi connectivity index (χ4v) is 2.23. The summed E-state index contributed by atoms with van der Waals surface area (Å²) in [6, 6.07) is 3.89. The van der Waals surface area contributed by atoms with Gasteiger partial charge in [0, 0.05) is 16.5 Å². The minimum Gasteiger partial charge on any atom is -0.392 e. The molecular weight excluding hydrogens is 333 g/mol. The van der Waals surface area contributed by atoms with E-state index in [1.807, 2.05) is 0 Å². The molecule has 20 heavy (non-hydrogen) atoms. The SMILES string of the molecule is OC(Cc1c(Cl)cccc1Cl)C(C(F)(F)F)C(F)(F)F. The highest BCUT2D eigenvalue weighted by Crippen LogP contribution is 2.42. The van der Waals surface area contributed by atoms with Crippen molar-refractivity contribution in [3.8, 4) is 0 Å². The Morgan fingerprint density at radius 3 is 1.70 bits per heavy atom. The first kappa shape index (κ1) is 17.4. The van der Waals surface area contributed by atoms with Crippen LogP contribution in [0.1, 0.15) is 5.56 Å². The molecule has 1 aromatic rings. The van der Waals surface area contributed by atoms with E-state index in [1.165, 1.54) is 18.2 Å². The molecule has 1 nitrogen and oxygen atoms in total. The normalized spacial score (nSPS) is 14.7. The van der Waals surface area contributed by atoms with E-state index in [0.717, 1.165) is 0 Å². The van der Waals surface area contributed by atoms with Crippen LogP contribution in [0.2, 0.25) is 10.0 Å². The van der Waals surface area contributed by atoms with Gasteiger partial charge in [0.1, 0.15) is 0 Å². The highest BCUT2D eigenvalue weighted by atomic mass is 35.5. The van der Waals surface area contributed by atoms with Crippen LogP contribution in [0.3, 0.4) is 0 Å². The predicted molar refractivity (Wildman–Crippen MR) is 61.8 cm³/mol. The molecule has 114 valence electrons. The molecule has 1 atom stereocenters. The fraction of sp³-hybridized carbons (Fsp3) is 0.455. The third kappa shape index (κ3) is 4.17. The van der Waals surface area contributed by atoms with E-state index >= 15 is 0 Å². The van der Waals surface area contributed by atoms with Crippen molar-refractivity contribution >= 4 is 23.2 Å². The largest absolute Gasteiger partial charge is 0.403 e. The van der Waals surface area contributed by atoms with Gasteiger partial charge in [0.25, 0.3) is 0 Å². The summed E-state index contributed by atoms with van der Waals surface area (Å²) in [5.41, 5.74) is -0.165. The van der Waals surface area contributed by atoms with E-state index < -0.39 is 30.8 Å². The molecule has 1 rings (SSSR count). The van der Waals surface area contributed by atoms with Crippen LogP contribution < -0.4 is 0 Å². The van der Waals surface area contributed by atoms with Gasteiger partial charge in [-0.3, -0.25) is 0 Å². The van der Waals surface area contributed by atoms with Gasteiger partial charge in [-0.05, 0) is 17.7 Å². The minimum atomic E-state index is -5.62. The number of hydrogen-bond acceptors (Lipinski definition) is 1. The van der Waals surface area contributed by atoms with E-state index in [-0.39, 0.29) is 15.6 Å². The van der Waals surface area contributed by atoms with Crippen molar-refractivity contribution in [1.82, 2.24) is 0 Å². The second kappa shape index (κ2) is 5.99. The molecule has 9 heteroatoms. The molecule has 0 amide bonds. The van der Waals surface area contributed by atoms with Crippen LogP contribution >= 0.6 is 23.2 Å². The molecule has 0 radical (unpaired) electrons. The van der Waals surface area contributed by atoms with Crippen molar-refractivity contribution in [1.29, 1.82) is 0 Å². The Bertz CT molecular complexity index is 437. The van der Waals surface area contributed by atoms with Gasteiger partial charge in [-0.25, -0.2) is 0 Å². The Labute approximate surface area is 120 Å². The molecular formula is C11H8Cl2F6O. The van der Waals surface area contributed by atoms with Gasteiger partial charge in [-0.15, -0.1) is 0 Å². The van der Waals surface area contributed by atoms with Gasteiger partial charge in [0.2, 0.25) is 0 Å². The molecule has 0 saturated carbocycles. The van der Waals surface area contributed by atoms with Crippen molar-refractivity contribution in [2.75, 3.05) is 0 Å². The zero-order valence-electron chi connectivity index (χ0n) is 9.56. The van der Waals surface area contributed by atoms with Crippen LogP contribution in [0.15, 0.2) is 18.2 Å². The molecule has 0 aliphatic heterocycles. The summed E-state index contributed by atoms with van der Waals surface area (Å²) in [5.74, 6) is -3.86. The van der Waals surface area contributed by atoms with Gasteiger partial charge in [0.05, 0.1) is 6.10 Å². The van der Waals surface area contributed by atoms with Crippen molar-refractivity contribution < 1.29 is 31.4 Å². The molecule has 0 fully saturated rings. The summed E-state index contributed by atoms with van der Waals surface area (Å²) in [6.07, 6.45) is -14.9. The maximum Gasteiger partial charge on any atom is 0.403 e. The molecule has 0 bridgehead atoms. The summed E-state index contributed by atoms with van der Waals surface area (Å²) in [4.78, 5) is 0. The Morgan fingerprint density at radius 2 is 1.35 bits per heavy atom. The molecule has 0 aliphatic rings. The van der Waals surface area contributed by atoms with Crippen LogP contribution in [0.5, 0.6) is 0 Å². The van der Waals surface area contributed by atoms with Crippen LogP contribution in [0.25, 0.3) is 0 Å². The fourth-order valence-electron chi connectivity index (χ4n) is 1.68. The molecule has 0 heterocycles. The molecule has 0 spiro atoms. The number of alkyl halides is 6. The highest BCUT2D eigenvalue weighted by Gasteiger charge is 2.60. The lowest BCUT2D eigenvalue weighted by atomic mass is 9.95. The number of rotatable bonds is 3. The first-order valence-electron chi connectivity index (χ1n) is 5.19. The zero-order chi connectivity index (χ0) is 15.7. The van der Waals surface area contributed by atoms with Gasteiger partial charge in [0.15, 0.2) is 5.92 Å². The van der Waals surface area contributed by atoms with E-state index in [1.54, 1.807) is 0 Å². The lowest BCUT2D eigenvalue weighted by Gasteiger charge is -2.27. The first-order valence-corrected chi connectivity index (χ1v) is 5.94. The third-order valence-corrected chi connectivity index (χ3v) is 3.27. The molecule has 0 aliphatic carbocycles. The number of halogens is 8. The molecule has 0 aromatic heterocycles. The maximum absolute atomic E-state index is 12.4. The summed E-state index contributed by atoms with van der Waals surface area (Å²) >= 11 is 11.3. The average Bonchev–Trinajstić information content (AvgIpc) is 2.19. The Morgan fingerprint density at radius 1 is 0.950 bits per heavy atom. The average molecular weight is 341 g/mol. The zero-order valence-corrected chi connectivity index (χ0v) is 11.1. The van der Waals surface area contributed by atoms with Crippen LogP contribution in [0, 0.1) is 5.92 Å². The second-order valence-electron chi connectivity index (χ2n) is 4.03. The van der Waals surface area contributed by atoms with Crippen molar-refractivity contribution in [2.24, 2.45) is 5.92 Å². The standard InChI is InChI=1S/C11H8Cl2F6O/c12-6-2-1-3-7(13)5(6)4-8(20)9(10(14,15)16)11(17,18)19/h1-3,8-9,20H,4H2. The van der Waals surface area contributed by atoms with Crippen LogP contribution in [-0.2, 0) is 6.42 Å². The van der Waals surface area contributed by atoms with Gasteiger partial charge < -0.3 is 5.11 Å². The molecule has 1 unspecified atom stereocenters. The van der Waals surface area contributed by atoms with Gasteiger partial charge >= 0.3 is 12.4 Å². The quantitative estimate of drug-likeness (QED) is 0.795. The third-order valence-electron chi connectivity index (χ3n) is 2.57. The second-order valence-corrected chi connectivity index (χ2v) is 4.85. The Hall–Kier alpha value is -0.660. The lowest BCUT2D eigenvalue weighted by molar-refractivity contribution is -0.305. The van der Waals surface area contributed by atoms with Gasteiger partial charge in [-0.1, -0.05) is 29.3 Å². The topological polar surface area (TPSA) is 20.2 Å². The van der Waals surface area contributed by atoms with E-state index in [9.17, 15) is 31.4 Å². The maximum atomic E-state index is 12.4. The summed E-state index contributed by atoms with van der Waals surface area (Å²) in [7, 11) is 0. The first-order chi connectivity index (χ1) is 8.94. The van der Waals surface area contributed by atoms with E-state index in [2.05, 4.69) is 0 Å². The summed E-state index contributed by atoms with van der Waals surface area (Å²) < 4.78 is 74.5. The highest BCUT2D eigenvalue weighted by molar-refractivity contribution is 6.35. The number of benzene rings is 1. The van der Waals surface area contributed by atoms with Crippen molar-refractivity contribution in [2.45, 2.75) is 24.9 Å². The van der Waals surface area contributed by atoms with Crippen molar-refractivity contribution in [3.63, 3.8) is 0 Å². The van der Waals surface area contributed by atoms with Crippen LogP contribution in [0.4, 0.5) is 26.3 Å². The van der Waals surface area contributed by atoms with Crippen LogP contribution in [-0.4, -0.2) is 23.6 Å². The summed E-state index contributed by atoms with van der Waals surface area (Å²) in [6.45, 7) is 0. The molecule has 1 N–H and O–H groups in total. The Kier molecular flexibility index (Phi) is 5.21. The number of aliphatic hydroxyl groups is 1. The lowest BCUT2D eigenvalue weighted by Crippen LogP contribution is -2.45. The number of aliphatic hydroxyl groups excluding tert-OH is 1. The Balaban J connectivity index is 3.07. The van der Waals surface area contributed by atoms with Gasteiger partial charge in [-0.2, -0.15) is 26.3 Å². The summed E-state index contributed by atoms with van der Waals surface area (Å²) in [5, 5.41) is 9.10. The molecule has 0 saturated heterocycles. The number of hydrogen-bond donors (Lipinski definition) is 1. The molecule has 1 aromatic carbocycles. The minimum absolute atomic E-state index is 0.111.